The third-order valence-corrected chi connectivity index (χ3v) is 3.96. The molecule has 0 N–H and O–H groups in total. The summed E-state index contributed by atoms with van der Waals surface area (Å²) in [5.41, 5.74) is -1.15. The van der Waals surface area contributed by atoms with Gasteiger partial charge in [-0.2, -0.15) is 0 Å². The summed E-state index contributed by atoms with van der Waals surface area (Å²) in [6, 6.07) is 5.90. The number of carbonyl (C=O) groups excluding carboxylic acids is 2. The molecule has 2 heterocycles. The predicted octanol–water partition coefficient (Wildman–Crippen LogP) is 1.93. The first-order valence-electron chi connectivity index (χ1n) is 7.02. The smallest absolute Gasteiger partial charge is 0.331 e. The Morgan fingerprint density at radius 1 is 1.45 bits per heavy atom. The van der Waals surface area contributed by atoms with Gasteiger partial charge < -0.3 is 14.2 Å². The van der Waals surface area contributed by atoms with Gasteiger partial charge in [-0.05, 0) is 24.6 Å². The average Bonchev–Trinajstić information content (AvgIpc) is 2.90. The van der Waals surface area contributed by atoms with Crippen LogP contribution in [-0.4, -0.2) is 31.8 Å². The summed E-state index contributed by atoms with van der Waals surface area (Å²) in [5, 5.41) is 0. The van der Waals surface area contributed by atoms with E-state index in [1.807, 2.05) is 0 Å². The highest BCUT2D eigenvalue weighted by molar-refractivity contribution is 6.05. The third-order valence-electron chi connectivity index (χ3n) is 3.96. The largest absolute Gasteiger partial charge is 0.465 e. The van der Waals surface area contributed by atoms with Crippen LogP contribution in [0.2, 0.25) is 0 Å². The molecule has 2 aliphatic rings. The minimum Gasteiger partial charge on any atom is -0.465 e. The van der Waals surface area contributed by atoms with Gasteiger partial charge in [-0.15, -0.1) is 0 Å². The van der Waals surface area contributed by atoms with Crippen molar-refractivity contribution in [1.82, 2.24) is 0 Å². The molecule has 0 amide bonds. The Balaban J connectivity index is 2.16. The van der Waals surface area contributed by atoms with Crippen LogP contribution in [0.3, 0.4) is 0 Å². The van der Waals surface area contributed by atoms with Gasteiger partial charge in [0, 0.05) is 5.56 Å². The number of cyclic esters (lactones) is 1. The summed E-state index contributed by atoms with van der Waals surface area (Å²) in [6.07, 6.45) is 0.533. The number of carbonyl (C=O) groups is 2. The number of benzene rings is 1. The van der Waals surface area contributed by atoms with Crippen LogP contribution in [-0.2, 0) is 23.8 Å². The van der Waals surface area contributed by atoms with Gasteiger partial charge >= 0.3 is 11.9 Å². The monoisotopic (exact) mass is 306 g/mol. The van der Waals surface area contributed by atoms with E-state index in [1.165, 1.54) is 18.2 Å². The summed E-state index contributed by atoms with van der Waals surface area (Å²) in [7, 11) is 0. The van der Waals surface area contributed by atoms with Crippen LogP contribution in [0.1, 0.15) is 18.6 Å². The molecule has 3 rings (SSSR count). The predicted molar refractivity (Wildman–Crippen MR) is 73.2 cm³/mol. The number of rotatable bonds is 3. The van der Waals surface area contributed by atoms with Crippen LogP contribution in [0, 0.1) is 11.2 Å². The Labute approximate surface area is 126 Å². The summed E-state index contributed by atoms with van der Waals surface area (Å²) < 4.78 is 29.8. The van der Waals surface area contributed by atoms with Gasteiger partial charge in [0.05, 0.1) is 13.2 Å². The molecule has 0 bridgehead atoms. The molecule has 116 valence electrons. The first-order chi connectivity index (χ1) is 10.6. The fourth-order valence-electron chi connectivity index (χ4n) is 2.95. The zero-order chi connectivity index (χ0) is 15.7. The van der Waals surface area contributed by atoms with Crippen molar-refractivity contribution in [2.75, 3.05) is 19.8 Å². The van der Waals surface area contributed by atoms with Gasteiger partial charge in [0.15, 0.2) is 0 Å². The number of fused-ring (bicyclic) bond motifs is 1. The number of hydrogen-bond donors (Lipinski definition) is 0. The van der Waals surface area contributed by atoms with Gasteiger partial charge in [0.1, 0.15) is 18.5 Å². The fourth-order valence-corrected chi connectivity index (χ4v) is 2.95. The maximum Gasteiger partial charge on any atom is 0.331 e. The molecule has 2 atom stereocenters. The van der Waals surface area contributed by atoms with Gasteiger partial charge in [0.2, 0.25) is 5.41 Å². The van der Waals surface area contributed by atoms with Gasteiger partial charge in [-0.25, -0.2) is 4.39 Å². The summed E-state index contributed by atoms with van der Waals surface area (Å²) in [4.78, 5) is 25.0. The maximum absolute atomic E-state index is 14.1. The van der Waals surface area contributed by atoms with Crippen LogP contribution in [0.5, 0.6) is 0 Å². The molecule has 2 unspecified atom stereocenters. The second-order valence-electron chi connectivity index (χ2n) is 5.07. The van der Waals surface area contributed by atoms with Crippen molar-refractivity contribution >= 4 is 11.9 Å². The lowest BCUT2D eigenvalue weighted by atomic mass is 9.73. The molecule has 6 heteroatoms. The lowest BCUT2D eigenvalue weighted by Gasteiger charge is -2.32. The Kier molecular flexibility index (Phi) is 3.70. The molecule has 0 aliphatic carbocycles. The molecule has 22 heavy (non-hydrogen) atoms. The molecule has 1 aromatic carbocycles. The Morgan fingerprint density at radius 3 is 2.95 bits per heavy atom. The number of hydrogen-bond acceptors (Lipinski definition) is 5. The van der Waals surface area contributed by atoms with Gasteiger partial charge in [0.25, 0.3) is 0 Å². The molecule has 1 aromatic rings. The number of esters is 2. The highest BCUT2D eigenvalue weighted by Crippen LogP contribution is 2.52. The van der Waals surface area contributed by atoms with Crippen molar-refractivity contribution in [2.24, 2.45) is 5.41 Å². The lowest BCUT2D eigenvalue weighted by Crippen LogP contribution is -2.47. The quantitative estimate of drug-likeness (QED) is 0.485. The number of ether oxygens (including phenoxy) is 3. The van der Waals surface area contributed by atoms with Crippen LogP contribution in [0.4, 0.5) is 4.39 Å². The van der Waals surface area contributed by atoms with Crippen molar-refractivity contribution in [3.63, 3.8) is 0 Å². The zero-order valence-corrected chi connectivity index (χ0v) is 12.0. The lowest BCUT2D eigenvalue weighted by molar-refractivity contribution is -0.174. The molecule has 1 fully saturated rings. The molecule has 0 spiro atoms. The van der Waals surface area contributed by atoms with Crippen molar-refractivity contribution < 1.29 is 28.2 Å². The molecular weight excluding hydrogens is 291 g/mol. The van der Waals surface area contributed by atoms with Crippen LogP contribution in [0.25, 0.3) is 0 Å². The zero-order valence-electron chi connectivity index (χ0n) is 12.0. The Morgan fingerprint density at radius 2 is 2.23 bits per heavy atom. The van der Waals surface area contributed by atoms with Gasteiger partial charge in [-0.3, -0.25) is 9.59 Å². The second-order valence-corrected chi connectivity index (χ2v) is 5.07. The molecule has 0 saturated carbocycles. The first-order valence-corrected chi connectivity index (χ1v) is 7.02. The fraction of sp³-hybridized carbons (Fsp3) is 0.375. The summed E-state index contributed by atoms with van der Waals surface area (Å²) in [6.45, 7) is 1.88. The van der Waals surface area contributed by atoms with Crippen molar-refractivity contribution in [3.05, 3.63) is 47.3 Å². The van der Waals surface area contributed by atoms with Crippen LogP contribution < -0.4 is 0 Å². The van der Waals surface area contributed by atoms with E-state index in [9.17, 15) is 14.0 Å². The molecule has 5 nitrogen and oxygen atoms in total. The van der Waals surface area contributed by atoms with Crippen molar-refractivity contribution in [1.29, 1.82) is 0 Å². The van der Waals surface area contributed by atoms with Crippen molar-refractivity contribution in [3.8, 4) is 0 Å². The van der Waals surface area contributed by atoms with E-state index in [0.717, 1.165) is 0 Å². The normalized spacial score (nSPS) is 26.9. The first kappa shape index (κ1) is 14.7. The van der Waals surface area contributed by atoms with Crippen LogP contribution in [0.15, 0.2) is 35.9 Å². The molecule has 1 saturated heterocycles. The van der Waals surface area contributed by atoms with Crippen molar-refractivity contribution in [2.45, 2.75) is 13.0 Å². The highest BCUT2D eigenvalue weighted by atomic mass is 19.1. The summed E-state index contributed by atoms with van der Waals surface area (Å²) >= 11 is 0. The van der Waals surface area contributed by atoms with E-state index in [0.29, 0.717) is 5.57 Å². The Hall–Kier alpha value is -2.21. The molecule has 2 aliphatic heterocycles. The molecular formula is C16H15FO5. The highest BCUT2D eigenvalue weighted by Gasteiger charge is 2.64. The minimum atomic E-state index is -1.75. The van der Waals surface area contributed by atoms with E-state index < -0.39 is 29.3 Å². The summed E-state index contributed by atoms with van der Waals surface area (Å²) in [5.74, 6) is -2.07. The standard InChI is InChI=1S/C16H15FO5/c1-2-20-14(18)16-10(7-8-21-15(16)19)9-22-13(16)11-5-3-4-6-12(11)17/h3-7,13H,2,8-9H2,1H3. The topological polar surface area (TPSA) is 61.8 Å². The van der Waals surface area contributed by atoms with E-state index >= 15 is 0 Å². The SMILES string of the molecule is CCOC(=O)C12C(=O)OCC=C1COC2c1ccccc1F. The third kappa shape index (κ3) is 1.94. The average molecular weight is 306 g/mol. The molecule has 0 radical (unpaired) electrons. The van der Waals surface area contributed by atoms with E-state index in [4.69, 9.17) is 14.2 Å². The van der Waals surface area contributed by atoms with E-state index in [2.05, 4.69) is 0 Å². The van der Waals surface area contributed by atoms with Crippen LogP contribution >= 0.6 is 0 Å². The minimum absolute atomic E-state index is 0.0624. The van der Waals surface area contributed by atoms with Gasteiger partial charge in [-0.1, -0.05) is 18.2 Å². The maximum atomic E-state index is 14.1. The second kappa shape index (κ2) is 5.53. The van der Waals surface area contributed by atoms with E-state index in [1.54, 1.807) is 19.1 Å². The Bertz CT molecular complexity index is 654. The van der Waals surface area contributed by atoms with E-state index in [-0.39, 0.29) is 25.4 Å². The molecule has 0 aromatic heterocycles. The number of halogens is 1.